The predicted octanol–water partition coefficient (Wildman–Crippen LogP) is 1.86. The zero-order chi connectivity index (χ0) is 35.2. The number of amides is 5. The van der Waals surface area contributed by atoms with Crippen LogP contribution in [0.25, 0.3) is 11.0 Å². The first-order chi connectivity index (χ1) is 23.4. The summed E-state index contributed by atoms with van der Waals surface area (Å²) >= 11 is 0. The number of fused-ring (bicyclic) bond motifs is 3. The molecule has 14 heteroatoms. The molecule has 14 nitrogen and oxygen atoms in total. The molecule has 2 aliphatic carbocycles. The van der Waals surface area contributed by atoms with Crippen molar-refractivity contribution in [2.24, 2.45) is 29.4 Å². The zero-order valence-electron chi connectivity index (χ0n) is 27.5. The minimum atomic E-state index is -1.30. The highest BCUT2D eigenvalue weighted by Crippen LogP contribution is 2.45. The number of furan rings is 1. The van der Waals surface area contributed by atoms with E-state index in [0.29, 0.717) is 17.9 Å². The quantitative estimate of drug-likeness (QED) is 0.169. The molecule has 260 valence electrons. The molecule has 6 N–H and O–H groups in total. The number of ketones is 1. The highest BCUT2D eigenvalue weighted by molar-refractivity contribution is 6.36. The van der Waals surface area contributed by atoms with E-state index in [2.05, 4.69) is 28.2 Å². The number of carbonyl (C=O) groups excluding carboxylic acids is 6. The normalized spacial score (nSPS) is 22.0. The van der Waals surface area contributed by atoms with Crippen LogP contribution in [0.2, 0.25) is 0 Å². The molecular weight excluding hydrogens is 632 g/mol. The fraction of sp³-hybridized carbons (Fsp3) is 0.457. The monoisotopic (exact) mass is 674 g/mol. The van der Waals surface area contributed by atoms with Crippen LogP contribution in [0.4, 0.5) is 5.69 Å². The van der Waals surface area contributed by atoms with E-state index in [1.54, 1.807) is 25.1 Å². The first-order valence-corrected chi connectivity index (χ1v) is 16.6. The molecule has 1 aromatic carbocycles. The topological polar surface area (TPSA) is 212 Å². The maximum atomic E-state index is 13.5. The Labute approximate surface area is 282 Å². The Morgan fingerprint density at radius 1 is 1.04 bits per heavy atom. The maximum Gasteiger partial charge on any atom is 0.287 e. The Morgan fingerprint density at radius 3 is 2.59 bits per heavy atom. The number of likely N-dealkylation sites (N-methyl/N-ethyl adjacent to an activating group) is 1. The number of hydrogen-bond donors (Lipinski definition) is 5. The van der Waals surface area contributed by atoms with Gasteiger partial charge in [-0.1, -0.05) is 13.0 Å². The molecule has 6 atom stereocenters. The molecular formula is C35H42N6O8. The summed E-state index contributed by atoms with van der Waals surface area (Å²) in [6.45, 7) is 3.67. The van der Waals surface area contributed by atoms with E-state index in [4.69, 9.17) is 10.2 Å². The summed E-state index contributed by atoms with van der Waals surface area (Å²) in [6, 6.07) is 7.89. The van der Waals surface area contributed by atoms with Gasteiger partial charge in [0.15, 0.2) is 0 Å². The molecule has 5 amide bonds. The number of pyridine rings is 1. The minimum absolute atomic E-state index is 0.111. The van der Waals surface area contributed by atoms with Crippen LogP contribution in [-0.2, 0) is 30.5 Å². The lowest BCUT2D eigenvalue weighted by Gasteiger charge is -2.46. The molecule has 0 saturated heterocycles. The van der Waals surface area contributed by atoms with Crippen LogP contribution in [0.5, 0.6) is 0 Å². The number of hydrogen-bond acceptors (Lipinski definition) is 8. The fourth-order valence-electron chi connectivity index (χ4n) is 7.22. The molecule has 0 spiro atoms. The molecule has 2 fully saturated rings. The lowest BCUT2D eigenvalue weighted by Crippen LogP contribution is -2.52. The Balaban J connectivity index is 1.27. The van der Waals surface area contributed by atoms with Crippen molar-refractivity contribution in [2.45, 2.75) is 71.0 Å². The molecule has 5 rings (SSSR count). The lowest BCUT2D eigenvalue weighted by molar-refractivity contribution is -0.138. The van der Waals surface area contributed by atoms with Crippen molar-refractivity contribution in [2.75, 3.05) is 11.9 Å². The second kappa shape index (κ2) is 15.3. The van der Waals surface area contributed by atoms with Gasteiger partial charge in [-0.3, -0.25) is 33.6 Å². The van der Waals surface area contributed by atoms with Crippen molar-refractivity contribution in [3.8, 4) is 0 Å². The van der Waals surface area contributed by atoms with Crippen molar-refractivity contribution in [1.82, 2.24) is 20.5 Å². The number of aromatic nitrogens is 1. The summed E-state index contributed by atoms with van der Waals surface area (Å²) in [6.07, 6.45) is 5.51. The van der Waals surface area contributed by atoms with Crippen molar-refractivity contribution < 1.29 is 33.2 Å². The molecule has 3 aromatic rings. The Kier molecular flexibility index (Phi) is 10.9. The van der Waals surface area contributed by atoms with Gasteiger partial charge >= 0.3 is 0 Å². The zero-order valence-corrected chi connectivity index (χ0v) is 27.5. The van der Waals surface area contributed by atoms with E-state index in [1.165, 1.54) is 35.2 Å². The second-order valence-electron chi connectivity index (χ2n) is 13.1. The highest BCUT2D eigenvalue weighted by atomic mass is 16.3. The van der Waals surface area contributed by atoms with Gasteiger partial charge < -0.3 is 36.0 Å². The number of nitrogens with zero attached hydrogens (tertiary/aromatic N) is 1. The van der Waals surface area contributed by atoms with Crippen LogP contribution in [-0.4, -0.2) is 58.5 Å². The van der Waals surface area contributed by atoms with Crippen LogP contribution in [0.15, 0.2) is 58.1 Å². The van der Waals surface area contributed by atoms with Crippen molar-refractivity contribution in [3.05, 3.63) is 64.8 Å². The van der Waals surface area contributed by atoms with Gasteiger partial charge in [-0.25, -0.2) is 0 Å². The lowest BCUT2D eigenvalue weighted by atomic mass is 9.62. The molecule has 49 heavy (non-hydrogen) atoms. The van der Waals surface area contributed by atoms with Crippen molar-refractivity contribution in [1.29, 1.82) is 0 Å². The van der Waals surface area contributed by atoms with E-state index >= 15 is 0 Å². The fourth-order valence-corrected chi connectivity index (χ4v) is 7.22. The van der Waals surface area contributed by atoms with Crippen LogP contribution >= 0.6 is 0 Å². The van der Waals surface area contributed by atoms with Crippen LogP contribution in [0, 0.1) is 23.7 Å². The van der Waals surface area contributed by atoms with E-state index in [1.807, 2.05) is 0 Å². The second-order valence-corrected chi connectivity index (χ2v) is 13.1. The summed E-state index contributed by atoms with van der Waals surface area (Å²) < 4.78 is 6.53. The van der Waals surface area contributed by atoms with Gasteiger partial charge in [-0.05, 0) is 87.1 Å². The molecule has 2 saturated carbocycles. The Bertz CT molecular complexity index is 1810. The van der Waals surface area contributed by atoms with Gasteiger partial charge in [-0.2, -0.15) is 0 Å². The summed E-state index contributed by atoms with van der Waals surface area (Å²) in [5.41, 5.74) is 5.47. The summed E-state index contributed by atoms with van der Waals surface area (Å²) in [5.74, 6) is -3.21. The van der Waals surface area contributed by atoms with Crippen LogP contribution < -0.4 is 32.6 Å². The molecule has 0 radical (unpaired) electrons. The predicted molar refractivity (Wildman–Crippen MR) is 179 cm³/mol. The average molecular weight is 675 g/mol. The number of rotatable bonds is 13. The molecule has 0 aliphatic heterocycles. The summed E-state index contributed by atoms with van der Waals surface area (Å²) in [7, 11) is 0. The van der Waals surface area contributed by atoms with Crippen LogP contribution in [0.1, 0.15) is 62.7 Å². The highest BCUT2D eigenvalue weighted by Gasteiger charge is 2.43. The minimum Gasteiger partial charge on any atom is -0.464 e. The maximum absolute atomic E-state index is 13.5. The van der Waals surface area contributed by atoms with E-state index in [-0.39, 0.29) is 72.8 Å². The molecule has 6 unspecified atom stereocenters. The number of primary amides is 1. The number of benzene rings is 1. The van der Waals surface area contributed by atoms with Gasteiger partial charge in [-0.15, -0.1) is 0 Å². The van der Waals surface area contributed by atoms with E-state index < -0.39 is 35.1 Å². The molecule has 2 aromatic heterocycles. The number of nitrogens with two attached hydrogens (primary N) is 1. The smallest absolute Gasteiger partial charge is 0.287 e. The van der Waals surface area contributed by atoms with E-state index in [0.717, 1.165) is 24.6 Å². The third kappa shape index (κ3) is 8.42. The van der Waals surface area contributed by atoms with Crippen LogP contribution in [0.3, 0.4) is 0 Å². The SMILES string of the molecule is CCNC(=O)C(=O)CCC(NC(=O)c1ccc2ccoc2c1)C(=O)Nc1cccn(CC(=O)NC2C(C)CC3CC(C(N)=O)CC2C3)c1=O. The van der Waals surface area contributed by atoms with E-state index in [9.17, 15) is 33.6 Å². The number of anilines is 1. The van der Waals surface area contributed by atoms with Gasteiger partial charge in [0.1, 0.15) is 23.9 Å². The largest absolute Gasteiger partial charge is 0.464 e. The number of Topliss-reactive ketones (excluding diaryl/α,β-unsaturated/α-hetero) is 1. The van der Waals surface area contributed by atoms with Gasteiger partial charge in [0, 0.05) is 42.1 Å². The Hall–Kier alpha value is -5.27. The Morgan fingerprint density at radius 2 is 1.84 bits per heavy atom. The van der Waals surface area contributed by atoms with Gasteiger partial charge in [0.2, 0.25) is 23.5 Å². The first kappa shape index (κ1) is 35.0. The average Bonchev–Trinajstić information content (AvgIpc) is 3.54. The summed E-state index contributed by atoms with van der Waals surface area (Å²) in [4.78, 5) is 89.6. The van der Waals surface area contributed by atoms with Crippen molar-refractivity contribution >= 4 is 52.0 Å². The number of nitrogens with one attached hydrogen (secondary N) is 4. The summed E-state index contributed by atoms with van der Waals surface area (Å²) in [5, 5.41) is 11.4. The van der Waals surface area contributed by atoms with Crippen molar-refractivity contribution in [3.63, 3.8) is 0 Å². The number of carbonyl (C=O) groups is 6. The standard InChI is InChI=1S/C35H42N6O8/c1-3-37-34(47)27(42)9-8-25(38-32(45)22-7-6-21-10-12-49-28(21)17-22)33(46)39-26-5-4-11-41(35(26)48)18-29(43)40-30-19(2)13-20-14-23(30)16-24(15-20)31(36)44/h4-7,10-12,17,19-20,23-25,30H,3,8-9,13-16,18H2,1-2H3,(H2,36,44)(H,37,47)(H,38,45)(H,39,46)(H,40,43). The third-order valence-corrected chi connectivity index (χ3v) is 9.58. The molecule has 2 heterocycles. The van der Waals surface area contributed by atoms with Gasteiger partial charge in [0.05, 0.1) is 6.26 Å². The molecule has 2 bridgehead atoms. The first-order valence-electron chi connectivity index (χ1n) is 16.6. The third-order valence-electron chi connectivity index (χ3n) is 9.58. The molecule has 2 aliphatic rings. The van der Waals surface area contributed by atoms with Gasteiger partial charge in [0.25, 0.3) is 17.4 Å².